The number of nitrogens with zero attached hydrogens (tertiary/aromatic N) is 1. The van der Waals surface area contributed by atoms with Crippen LogP contribution in [0.5, 0.6) is 0 Å². The molecule has 11 rings (SSSR count). The van der Waals surface area contributed by atoms with Crippen molar-refractivity contribution in [2.45, 2.75) is 31.1 Å². The van der Waals surface area contributed by atoms with Crippen molar-refractivity contribution >= 4 is 39.2 Å². The van der Waals surface area contributed by atoms with Gasteiger partial charge in [-0.3, -0.25) is 0 Å². The second-order valence-electron chi connectivity index (χ2n) is 15.4. The van der Waals surface area contributed by atoms with Gasteiger partial charge in [-0.25, -0.2) is 0 Å². The number of para-hydroxylation sites is 1. The van der Waals surface area contributed by atoms with Gasteiger partial charge >= 0.3 is 0 Å². The first-order chi connectivity index (χ1) is 28.3. The van der Waals surface area contributed by atoms with Gasteiger partial charge in [0.25, 0.3) is 0 Å². The minimum atomic E-state index is -0.555. The number of fused-ring (bicyclic) bond motifs is 6. The van der Waals surface area contributed by atoms with E-state index >= 15 is 0 Å². The van der Waals surface area contributed by atoms with Crippen LogP contribution in [-0.2, 0) is 11.8 Å². The van der Waals surface area contributed by atoms with Crippen LogP contribution >= 0.6 is 0 Å². The summed E-state index contributed by atoms with van der Waals surface area (Å²) in [5.41, 5.74) is 17.8. The molecule has 3 aliphatic rings. The summed E-state index contributed by atoms with van der Waals surface area (Å²) < 4.78 is 6.88. The number of furan rings is 1. The highest BCUT2D eigenvalue weighted by molar-refractivity contribution is 5.98. The summed E-state index contributed by atoms with van der Waals surface area (Å²) in [6, 6.07) is 64.6. The van der Waals surface area contributed by atoms with E-state index in [1.807, 2.05) is 0 Å². The lowest BCUT2D eigenvalue weighted by atomic mass is 9.65. The van der Waals surface area contributed by atoms with E-state index in [9.17, 15) is 0 Å². The van der Waals surface area contributed by atoms with Crippen molar-refractivity contribution in [2.24, 2.45) is 0 Å². The predicted octanol–water partition coefficient (Wildman–Crippen LogP) is 14.6. The van der Waals surface area contributed by atoms with Crippen molar-refractivity contribution in [3.63, 3.8) is 0 Å². The van der Waals surface area contributed by atoms with Crippen LogP contribution in [0.15, 0.2) is 205 Å². The highest BCUT2D eigenvalue weighted by atomic mass is 16.3. The normalized spacial score (nSPS) is 15.0. The van der Waals surface area contributed by atoms with E-state index in [0.717, 1.165) is 54.1 Å². The van der Waals surface area contributed by atoms with Gasteiger partial charge in [-0.05, 0) is 118 Å². The molecule has 0 radical (unpaired) electrons. The topological polar surface area (TPSA) is 16.4 Å². The van der Waals surface area contributed by atoms with Gasteiger partial charge in [-0.2, -0.15) is 0 Å². The van der Waals surface area contributed by atoms with Gasteiger partial charge in [-0.15, -0.1) is 0 Å². The second-order valence-corrected chi connectivity index (χ2v) is 15.4. The molecule has 272 valence electrons. The summed E-state index contributed by atoms with van der Waals surface area (Å²) in [5, 5.41) is 1.22. The first-order valence-electron chi connectivity index (χ1n) is 20.2. The molecule has 1 heterocycles. The second kappa shape index (κ2) is 13.7. The zero-order valence-corrected chi connectivity index (χ0v) is 31.7. The molecule has 7 aromatic carbocycles. The molecule has 0 aliphatic heterocycles. The standard InChI is InChI=1S/C55H41NO/c1-3-14-38(15-4-1)40-26-32-43(33-27-40)56(44-34-28-41(29-35-44)39-16-5-2-6-17-39)45-36-30-42(31-37-45)55(50-22-10-7-18-46(50)47-19-8-11-23-51(47)55)52-24-13-21-49-48-20-9-12-25-53(48)57-54(49)52/h1-5,7-12,14-16,18-20,22-37H,6,13,17,21H2. The summed E-state index contributed by atoms with van der Waals surface area (Å²) in [4.78, 5) is 2.39. The number of rotatable bonds is 7. The van der Waals surface area contributed by atoms with E-state index in [1.54, 1.807) is 0 Å². The van der Waals surface area contributed by atoms with E-state index < -0.39 is 5.41 Å². The van der Waals surface area contributed by atoms with Gasteiger partial charge in [0.2, 0.25) is 0 Å². The van der Waals surface area contributed by atoms with Crippen LogP contribution in [0, 0.1) is 0 Å². The Morgan fingerprint density at radius 3 is 1.74 bits per heavy atom. The van der Waals surface area contributed by atoms with E-state index in [2.05, 4.69) is 205 Å². The third kappa shape index (κ3) is 5.39. The van der Waals surface area contributed by atoms with E-state index in [-0.39, 0.29) is 0 Å². The van der Waals surface area contributed by atoms with E-state index in [0.29, 0.717) is 0 Å². The number of benzene rings is 7. The van der Waals surface area contributed by atoms with Crippen molar-refractivity contribution in [1.82, 2.24) is 0 Å². The zero-order valence-electron chi connectivity index (χ0n) is 31.7. The maximum absolute atomic E-state index is 6.88. The van der Waals surface area contributed by atoms with Crippen molar-refractivity contribution in [3.8, 4) is 22.3 Å². The lowest BCUT2D eigenvalue weighted by Gasteiger charge is -2.37. The van der Waals surface area contributed by atoms with Gasteiger partial charge in [0.05, 0.1) is 5.41 Å². The molecular formula is C55H41NO. The number of aryl methyl sites for hydroxylation is 1. The number of hydrogen-bond acceptors (Lipinski definition) is 2. The Morgan fingerprint density at radius 2 is 1.07 bits per heavy atom. The predicted molar refractivity (Wildman–Crippen MR) is 237 cm³/mol. The Bertz CT molecular complexity index is 2820. The highest BCUT2D eigenvalue weighted by Crippen LogP contribution is 2.60. The van der Waals surface area contributed by atoms with Crippen molar-refractivity contribution in [1.29, 1.82) is 0 Å². The van der Waals surface area contributed by atoms with Crippen LogP contribution in [0.1, 0.15) is 52.8 Å². The lowest BCUT2D eigenvalue weighted by Crippen LogP contribution is -2.30. The fourth-order valence-corrected chi connectivity index (χ4v) is 9.74. The number of anilines is 3. The molecule has 0 unspecified atom stereocenters. The van der Waals surface area contributed by atoms with E-state index in [1.165, 1.54) is 66.6 Å². The summed E-state index contributed by atoms with van der Waals surface area (Å²) >= 11 is 0. The van der Waals surface area contributed by atoms with Crippen LogP contribution in [0.2, 0.25) is 0 Å². The molecule has 3 aliphatic carbocycles. The Labute approximate surface area is 334 Å². The fraction of sp³-hybridized carbons (Fsp3) is 0.0909. The van der Waals surface area contributed by atoms with E-state index in [4.69, 9.17) is 4.42 Å². The lowest BCUT2D eigenvalue weighted by molar-refractivity contribution is 0.576. The Balaban J connectivity index is 1.08. The Morgan fingerprint density at radius 1 is 0.491 bits per heavy atom. The molecule has 0 fully saturated rings. The Hall–Kier alpha value is -6.90. The smallest absolute Gasteiger partial charge is 0.135 e. The van der Waals surface area contributed by atoms with Crippen LogP contribution < -0.4 is 4.90 Å². The Kier molecular flexibility index (Phi) is 8.03. The van der Waals surface area contributed by atoms with Gasteiger partial charge in [0, 0.05) is 33.6 Å². The average molecular weight is 732 g/mol. The molecule has 0 amide bonds. The van der Waals surface area contributed by atoms with Crippen molar-refractivity contribution in [2.75, 3.05) is 4.90 Å². The van der Waals surface area contributed by atoms with Gasteiger partial charge in [0.15, 0.2) is 0 Å². The first-order valence-corrected chi connectivity index (χ1v) is 20.2. The van der Waals surface area contributed by atoms with Crippen LogP contribution in [-0.4, -0.2) is 0 Å². The number of hydrogen-bond donors (Lipinski definition) is 0. The third-order valence-corrected chi connectivity index (χ3v) is 12.3. The summed E-state index contributed by atoms with van der Waals surface area (Å²) in [5.74, 6) is 1.02. The molecule has 0 saturated heterocycles. The largest absolute Gasteiger partial charge is 0.456 e. The maximum atomic E-state index is 6.88. The van der Waals surface area contributed by atoms with Crippen molar-refractivity contribution in [3.05, 3.63) is 234 Å². The quantitative estimate of drug-likeness (QED) is 0.162. The molecule has 2 nitrogen and oxygen atoms in total. The van der Waals surface area contributed by atoms with Gasteiger partial charge in [0.1, 0.15) is 11.3 Å². The molecule has 0 spiro atoms. The molecule has 0 N–H and O–H groups in total. The molecule has 8 aromatic rings. The van der Waals surface area contributed by atoms with Gasteiger partial charge < -0.3 is 9.32 Å². The van der Waals surface area contributed by atoms with Crippen LogP contribution in [0.4, 0.5) is 17.1 Å². The average Bonchev–Trinajstić information content (AvgIpc) is 3.82. The van der Waals surface area contributed by atoms with Gasteiger partial charge in [-0.1, -0.05) is 158 Å². The zero-order chi connectivity index (χ0) is 37.8. The molecule has 2 heteroatoms. The van der Waals surface area contributed by atoms with Crippen molar-refractivity contribution < 1.29 is 4.42 Å². The minimum absolute atomic E-state index is 0.555. The monoisotopic (exact) mass is 731 g/mol. The summed E-state index contributed by atoms with van der Waals surface area (Å²) in [6.45, 7) is 0. The SMILES string of the molecule is C1=CCCC(c2ccc(N(c3ccc(-c4ccccc4)cc3)c3ccc(C4(C5=CCCc6c5oc5ccccc65)c5ccccc5-c5ccccc54)cc3)cc2)=C1. The third-order valence-electron chi connectivity index (χ3n) is 12.3. The molecule has 57 heavy (non-hydrogen) atoms. The van der Waals surface area contributed by atoms with Crippen LogP contribution in [0.25, 0.3) is 44.4 Å². The minimum Gasteiger partial charge on any atom is -0.456 e. The fourth-order valence-electron chi connectivity index (χ4n) is 9.74. The molecule has 0 saturated carbocycles. The summed E-state index contributed by atoms with van der Waals surface area (Å²) in [7, 11) is 0. The first kappa shape index (κ1) is 33.4. The number of allylic oxidation sites excluding steroid dienone is 6. The molecule has 0 atom stereocenters. The maximum Gasteiger partial charge on any atom is 0.135 e. The highest BCUT2D eigenvalue weighted by Gasteiger charge is 2.49. The summed E-state index contributed by atoms with van der Waals surface area (Å²) in [6.07, 6.45) is 13.2. The molecule has 0 bridgehead atoms. The molecular weight excluding hydrogens is 691 g/mol. The molecule has 1 aromatic heterocycles. The van der Waals surface area contributed by atoms with Crippen LogP contribution in [0.3, 0.4) is 0 Å².